The molecule has 0 fully saturated rings. The van der Waals surface area contributed by atoms with Crippen molar-refractivity contribution in [2.24, 2.45) is 0 Å². The van der Waals surface area contributed by atoms with E-state index in [1.54, 1.807) is 48.5 Å². The Morgan fingerprint density at radius 3 is 0.399 bits per heavy atom. The van der Waals surface area contributed by atoms with Gasteiger partial charge in [0.2, 0.25) is 0 Å². The molecular formula is C96H48Cu3N25Na3O12S4-6. The zero-order valence-corrected chi connectivity index (χ0v) is 85.7. The molecule has 0 saturated carbocycles. The molecule has 0 aliphatic carbocycles. The summed E-state index contributed by atoms with van der Waals surface area (Å²) in [4.78, 5) is 113. The van der Waals surface area contributed by atoms with Crippen molar-refractivity contribution in [3.8, 4) is 137 Å². The quantitative estimate of drug-likeness (QED) is 0.171. The molecule has 695 valence electrons. The van der Waals surface area contributed by atoms with E-state index in [1.807, 2.05) is 146 Å². The van der Waals surface area contributed by atoms with E-state index in [0.717, 1.165) is 54.6 Å². The topological polar surface area (TPSA) is 582 Å². The summed E-state index contributed by atoms with van der Waals surface area (Å²) in [6.45, 7) is 0. The van der Waals surface area contributed by atoms with Crippen LogP contribution in [0.3, 0.4) is 0 Å². The number of aromatic nitrogens is 24. The molecule has 9 aromatic heterocycles. The van der Waals surface area contributed by atoms with Crippen molar-refractivity contribution >= 4 is 173 Å². The fraction of sp³-hybridized carbons (Fsp3) is 0. The van der Waals surface area contributed by atoms with Crippen LogP contribution in [-0.2, 0) is 91.7 Å². The van der Waals surface area contributed by atoms with Gasteiger partial charge in [-0.05, 0) is 113 Å². The molecule has 143 heavy (non-hydrogen) atoms. The van der Waals surface area contributed by atoms with E-state index in [4.69, 9.17) is 99.7 Å². The van der Waals surface area contributed by atoms with Gasteiger partial charge in [0.1, 0.15) is 40.5 Å². The van der Waals surface area contributed by atoms with Crippen LogP contribution in [0.4, 0.5) is 0 Å². The van der Waals surface area contributed by atoms with Crippen LogP contribution in [0.1, 0.15) is 0 Å². The number of rotatable bonds is 4. The van der Waals surface area contributed by atoms with Gasteiger partial charge in [-0.1, -0.05) is 218 Å². The first-order chi connectivity index (χ1) is 65.8. The van der Waals surface area contributed by atoms with Gasteiger partial charge in [0.05, 0.1) is 89.5 Å². The summed E-state index contributed by atoms with van der Waals surface area (Å²) in [5.74, 6) is 3.13. The van der Waals surface area contributed by atoms with Crippen LogP contribution in [0, 0.1) is 0 Å². The van der Waals surface area contributed by atoms with E-state index in [1.165, 1.54) is 72.8 Å². The van der Waals surface area contributed by atoms with Gasteiger partial charge in [0.25, 0.3) is 0 Å². The summed E-state index contributed by atoms with van der Waals surface area (Å²) in [5, 5.41) is 8.36. The average molecular weight is 2130 g/mol. The van der Waals surface area contributed by atoms with Crippen molar-refractivity contribution in [3.63, 3.8) is 0 Å². The third-order valence-electron chi connectivity index (χ3n) is 23.4. The van der Waals surface area contributed by atoms with E-state index in [2.05, 4.69) is 19.9 Å². The Kier molecular flexibility index (Phi) is 26.7. The Hall–Kier alpha value is -13.1. The monoisotopic (exact) mass is 2130 g/mol. The van der Waals surface area contributed by atoms with Crippen LogP contribution < -0.4 is 125 Å². The number of hydrogen-bond donors (Lipinski definition) is 1. The maximum absolute atomic E-state index is 12.0. The number of nitrogens with zero attached hydrogens (tertiary/aromatic N) is 24. The predicted molar refractivity (Wildman–Crippen MR) is 500 cm³/mol. The number of benzene rings is 12. The zero-order chi connectivity index (χ0) is 92.1. The minimum Gasteiger partial charge on any atom is -0.744 e. The largest absolute Gasteiger partial charge is 1.00 e. The molecule has 47 heteroatoms. The van der Waals surface area contributed by atoms with Crippen molar-refractivity contribution in [1.82, 2.24) is 126 Å². The number of quaternary nitrogens is 1. The maximum atomic E-state index is 12.0. The van der Waals surface area contributed by atoms with Crippen molar-refractivity contribution in [2.45, 2.75) is 19.6 Å². The van der Waals surface area contributed by atoms with Gasteiger partial charge in [0.15, 0.2) is 0 Å². The fourth-order valence-electron chi connectivity index (χ4n) is 17.1. The molecule has 27 rings (SSSR count). The van der Waals surface area contributed by atoms with E-state index < -0.39 is 60.1 Å². The zero-order valence-electron chi connectivity index (χ0n) is 73.6. The summed E-state index contributed by atoms with van der Waals surface area (Å²) in [5.41, 5.74) is 10.2. The van der Waals surface area contributed by atoms with Gasteiger partial charge in [0, 0.05) is 186 Å². The SMILES string of the molecule is O=S(=O)([O-])c1ccc2c(c1)-c1nc-2nc2[n-]c(nc3nc(nc4[n-]c(n1)c1ccccc41)-c1ccc(S(=O)(=O)[O-])cc1-3)c1ccccc21.O=S(=O)([O-])c1ccc2c(c1)-c1nc-2nc2[n-]c(nc3nc(nc4[n-]c(n1)c1ccccc41)-c1ccccc1-3)c1ccccc21.O=S(=O)([O-])c1ccc2c(c1)-c1nc-2nc2[n-]c(nc3nc(nc4[n-]c(n1)c1ccccc41)-c1ccccc1-3)c1ccccc21.[Cu].[Cu].[Cu].[NH4+].[Na+].[Na+].[Na+]. The average Bonchev–Trinajstić information content (AvgIpc) is 1.63. The maximum Gasteiger partial charge on any atom is 1.00 e. The van der Waals surface area contributed by atoms with Gasteiger partial charge in [-0.15, -0.1) is 0 Å². The van der Waals surface area contributed by atoms with Gasteiger partial charge < -0.3 is 114 Å². The number of hydrogen-bond acceptors (Lipinski definition) is 30. The van der Waals surface area contributed by atoms with Crippen molar-refractivity contribution < 1.29 is 192 Å². The first kappa shape index (κ1) is 100.0. The third kappa shape index (κ3) is 17.6. The molecule has 15 heterocycles. The predicted octanol–water partition coefficient (Wildman–Crippen LogP) is 5.38. The van der Waals surface area contributed by atoms with E-state index in [0.29, 0.717) is 134 Å². The van der Waals surface area contributed by atoms with Gasteiger partial charge >= 0.3 is 88.7 Å². The molecule has 3 radical (unpaired) electrons. The summed E-state index contributed by atoms with van der Waals surface area (Å²) in [6, 6.07) is 75.6. The van der Waals surface area contributed by atoms with Crippen molar-refractivity contribution in [2.75, 3.05) is 0 Å². The molecule has 0 amide bonds. The van der Waals surface area contributed by atoms with E-state index >= 15 is 0 Å². The number of fused-ring (bicyclic) bond motifs is 60. The first-order valence-corrected chi connectivity index (χ1v) is 46.8. The molecule has 0 saturated heterocycles. The second-order valence-corrected chi connectivity index (χ2v) is 37.0. The molecule has 4 N–H and O–H groups in total. The second-order valence-electron chi connectivity index (χ2n) is 31.5. The third-order valence-corrected chi connectivity index (χ3v) is 26.7. The molecule has 21 aromatic rings. The van der Waals surface area contributed by atoms with Crippen LogP contribution in [0.15, 0.2) is 287 Å². The normalized spacial score (nSPS) is 11.9. The molecule has 0 unspecified atom stereocenters. The van der Waals surface area contributed by atoms with Crippen LogP contribution in [0.25, 0.3) is 269 Å². The molecule has 0 spiro atoms. The minimum atomic E-state index is -4.81. The summed E-state index contributed by atoms with van der Waals surface area (Å²) >= 11 is 0. The van der Waals surface area contributed by atoms with E-state index in [-0.39, 0.29) is 226 Å². The second kappa shape index (κ2) is 38.2. The summed E-state index contributed by atoms with van der Waals surface area (Å²) in [6.07, 6.45) is 0. The standard InChI is InChI=1S/C32H16N8O6S2.2C32H16N8O3S.3Cu.H3N.3Na/c41-47(42,43)15-9-11-21-23(13-15)32-38-28-20-8-4-2-6-18(20)26(34-28)36-30-22-12-10-16(48(44,45)46)14-24(22)31(40-30)37-27-19-7-3-1-5-17(19)25(33-27)35-29(21)39-32;2*41-44(42,43)16-13-14-23-24(15-16)32-39-30-22-12-6-5-11-21(22)28(37-30)35-26-18-8-2-1-7-17(18)25(33-26)34-27-19-9-3-4-10-20(19)29(36-27)38-31(23)40-32;;;;;;;/h1-14H,(H2-2,33,34,35,36,37,38,39,40,41,42,43,44,45,46);2*1-15H,(H-2,33,34,35,36,37,38,39,40,41,42,43);;;;1H3;;;/q3*-2;;;;;3*+1/p-3. The summed E-state index contributed by atoms with van der Waals surface area (Å²) in [7, 11) is -19.1. The van der Waals surface area contributed by atoms with Crippen LogP contribution >= 0.6 is 0 Å². The molecule has 6 aliphatic rings. The fourth-order valence-corrected chi connectivity index (χ4v) is 19.1. The van der Waals surface area contributed by atoms with Gasteiger partial charge in [-0.3, -0.25) is 0 Å². The van der Waals surface area contributed by atoms with Crippen LogP contribution in [0.2, 0.25) is 0 Å². The van der Waals surface area contributed by atoms with Crippen LogP contribution in [-0.4, -0.2) is 142 Å². The minimum absolute atomic E-state index is 0. The van der Waals surface area contributed by atoms with E-state index in [9.17, 15) is 51.9 Å². The van der Waals surface area contributed by atoms with Gasteiger partial charge in [-0.2, -0.15) is 0 Å². The molecule has 24 bridgehead atoms. The van der Waals surface area contributed by atoms with Crippen molar-refractivity contribution in [1.29, 1.82) is 0 Å². The molecule has 12 aromatic carbocycles. The Labute approximate surface area is 903 Å². The Morgan fingerprint density at radius 1 is 0.161 bits per heavy atom. The van der Waals surface area contributed by atoms with Crippen molar-refractivity contribution in [3.05, 3.63) is 267 Å². The molecule has 6 aliphatic heterocycles. The Bertz CT molecular complexity index is 9570. The first-order valence-electron chi connectivity index (χ1n) is 41.1. The van der Waals surface area contributed by atoms with Crippen LogP contribution in [0.5, 0.6) is 0 Å². The molecule has 37 nitrogen and oxygen atoms in total. The Morgan fingerprint density at radius 2 is 0.273 bits per heavy atom. The summed E-state index contributed by atoms with van der Waals surface area (Å²) < 4.78 is 143. The Balaban J connectivity index is 0.000000138. The molecule has 0 atom stereocenters. The van der Waals surface area contributed by atoms with Gasteiger partial charge in [-0.25, -0.2) is 63.6 Å². The molecular weight excluding hydrogens is 2080 g/mol. The smallest absolute Gasteiger partial charge is 0.744 e.